The molecule has 168 valence electrons. The molecule has 0 unspecified atom stereocenters. The molecule has 0 atom stereocenters. The normalized spacial score (nSPS) is 13.3. The van der Waals surface area contributed by atoms with Gasteiger partial charge in [0.05, 0.1) is 6.54 Å². The summed E-state index contributed by atoms with van der Waals surface area (Å²) in [7, 11) is 0. The minimum Gasteiger partial charge on any atom is -0.464 e. The summed E-state index contributed by atoms with van der Waals surface area (Å²) < 4.78 is 19.0. The van der Waals surface area contributed by atoms with Gasteiger partial charge in [-0.15, -0.1) is 0 Å². The van der Waals surface area contributed by atoms with Gasteiger partial charge in [-0.3, -0.25) is 9.59 Å². The first kappa shape index (κ1) is 23.0. The lowest BCUT2D eigenvalue weighted by molar-refractivity contribution is -0.142. The largest absolute Gasteiger partial charge is 0.464 e. The zero-order valence-electron chi connectivity index (χ0n) is 18.6. The minimum atomic E-state index is -0.308. The van der Waals surface area contributed by atoms with Gasteiger partial charge in [-0.2, -0.15) is 0 Å². The van der Waals surface area contributed by atoms with Crippen LogP contribution in [0.5, 0.6) is 0 Å². The van der Waals surface area contributed by atoms with Crippen LogP contribution in [0.2, 0.25) is 0 Å². The Labute approximate surface area is 184 Å². The van der Waals surface area contributed by atoms with Crippen LogP contribution in [0.25, 0.3) is 0 Å². The van der Waals surface area contributed by atoms with E-state index in [1.54, 1.807) is 21.9 Å². The minimum absolute atomic E-state index is 0.0718. The molecule has 1 aromatic carbocycles. The summed E-state index contributed by atoms with van der Waals surface area (Å²) in [5, 5.41) is 0. The van der Waals surface area contributed by atoms with Crippen molar-refractivity contribution in [3.05, 3.63) is 59.3 Å². The molecule has 31 heavy (non-hydrogen) atoms. The second-order valence-corrected chi connectivity index (χ2v) is 8.45. The van der Waals surface area contributed by atoms with Gasteiger partial charge in [-0.25, -0.2) is 4.39 Å². The van der Waals surface area contributed by atoms with Gasteiger partial charge in [0, 0.05) is 19.0 Å². The maximum Gasteiger partial charge on any atom is 0.242 e. The van der Waals surface area contributed by atoms with Gasteiger partial charge in [0.1, 0.15) is 23.9 Å². The Hall–Kier alpha value is -2.63. The van der Waals surface area contributed by atoms with Crippen molar-refractivity contribution in [2.45, 2.75) is 77.9 Å². The number of rotatable bonds is 12. The number of aryl methyl sites for hydroxylation is 1. The van der Waals surface area contributed by atoms with Crippen LogP contribution in [0.4, 0.5) is 4.39 Å². The van der Waals surface area contributed by atoms with Crippen molar-refractivity contribution in [3.63, 3.8) is 0 Å². The van der Waals surface area contributed by atoms with Gasteiger partial charge < -0.3 is 14.2 Å². The summed E-state index contributed by atoms with van der Waals surface area (Å²) in [4.78, 5) is 29.5. The van der Waals surface area contributed by atoms with Gasteiger partial charge in [-0.05, 0) is 56.0 Å². The Balaban J connectivity index is 1.67. The van der Waals surface area contributed by atoms with E-state index in [0.717, 1.165) is 49.8 Å². The van der Waals surface area contributed by atoms with Crippen LogP contribution >= 0.6 is 0 Å². The Morgan fingerprint density at radius 1 is 1.00 bits per heavy atom. The number of nitrogens with zero attached hydrogens (tertiary/aromatic N) is 2. The third-order valence-corrected chi connectivity index (χ3v) is 5.64. The predicted molar refractivity (Wildman–Crippen MR) is 118 cm³/mol. The number of furan rings is 1. The van der Waals surface area contributed by atoms with Crippen molar-refractivity contribution >= 4 is 11.8 Å². The average molecular weight is 429 g/mol. The molecular weight excluding hydrogens is 395 g/mol. The number of hydrogen-bond acceptors (Lipinski definition) is 3. The lowest BCUT2D eigenvalue weighted by Gasteiger charge is -2.27. The zero-order valence-corrected chi connectivity index (χ0v) is 18.6. The molecule has 5 nitrogen and oxygen atoms in total. The molecule has 1 aliphatic rings. The third kappa shape index (κ3) is 7.23. The molecule has 1 saturated carbocycles. The lowest BCUT2D eigenvalue weighted by Crippen LogP contribution is -2.43. The highest BCUT2D eigenvalue weighted by Crippen LogP contribution is 2.28. The van der Waals surface area contributed by atoms with Gasteiger partial charge in [0.15, 0.2) is 0 Å². The number of carbonyl (C=O) groups excluding carboxylic acids is 2. The Bertz CT molecular complexity index is 858. The highest BCUT2D eigenvalue weighted by molar-refractivity contribution is 5.85. The van der Waals surface area contributed by atoms with Crippen LogP contribution in [0, 0.1) is 12.7 Å². The molecule has 0 bridgehead atoms. The van der Waals surface area contributed by atoms with Gasteiger partial charge in [0.2, 0.25) is 11.8 Å². The monoisotopic (exact) mass is 428 g/mol. The topological polar surface area (TPSA) is 53.8 Å². The van der Waals surface area contributed by atoms with Gasteiger partial charge in [0.25, 0.3) is 0 Å². The van der Waals surface area contributed by atoms with E-state index in [0.29, 0.717) is 25.3 Å². The van der Waals surface area contributed by atoms with Gasteiger partial charge >= 0.3 is 0 Å². The first-order chi connectivity index (χ1) is 15.0. The van der Waals surface area contributed by atoms with Crippen molar-refractivity contribution in [1.29, 1.82) is 0 Å². The standard InChI is InChI=1S/C25H33FN2O3/c1-3-4-5-6-7-24(29)28(22-13-14-22)18-25(30)27(17-23-15-8-19(2)31-23)16-20-9-11-21(26)12-10-20/h8-12,15,22H,3-7,13-14,16-18H2,1-2H3. The lowest BCUT2D eigenvalue weighted by atomic mass is 10.1. The molecule has 0 aliphatic heterocycles. The smallest absolute Gasteiger partial charge is 0.242 e. The molecule has 3 rings (SSSR count). The summed E-state index contributed by atoms with van der Waals surface area (Å²) in [5.74, 6) is 1.12. The van der Waals surface area contributed by atoms with E-state index in [9.17, 15) is 14.0 Å². The van der Waals surface area contributed by atoms with E-state index >= 15 is 0 Å². The molecule has 1 aromatic heterocycles. The maximum absolute atomic E-state index is 13.3. The SMILES string of the molecule is CCCCCCC(=O)N(CC(=O)N(Cc1ccc(F)cc1)Cc1ccc(C)o1)C1CC1. The van der Waals surface area contributed by atoms with Crippen LogP contribution in [0.15, 0.2) is 40.8 Å². The first-order valence-corrected chi connectivity index (χ1v) is 11.3. The Kier molecular flexibility index (Phi) is 8.27. The summed E-state index contributed by atoms with van der Waals surface area (Å²) in [6.07, 6.45) is 6.59. The molecule has 0 saturated heterocycles. The van der Waals surface area contributed by atoms with Crippen molar-refractivity contribution in [2.24, 2.45) is 0 Å². The summed E-state index contributed by atoms with van der Waals surface area (Å²) in [5.41, 5.74) is 0.835. The fourth-order valence-electron chi connectivity index (χ4n) is 3.70. The molecule has 1 aliphatic carbocycles. The molecule has 1 heterocycles. The average Bonchev–Trinajstić information content (AvgIpc) is 3.51. The molecule has 2 amide bonds. The molecule has 6 heteroatoms. The fraction of sp³-hybridized carbons (Fsp3) is 0.520. The maximum atomic E-state index is 13.3. The summed E-state index contributed by atoms with van der Waals surface area (Å²) in [6.45, 7) is 4.74. The van der Waals surface area contributed by atoms with Crippen LogP contribution in [-0.4, -0.2) is 34.2 Å². The van der Waals surface area contributed by atoms with E-state index in [1.165, 1.54) is 12.1 Å². The second-order valence-electron chi connectivity index (χ2n) is 8.45. The van der Waals surface area contributed by atoms with Crippen LogP contribution < -0.4 is 0 Å². The van der Waals surface area contributed by atoms with Crippen molar-refractivity contribution in [3.8, 4) is 0 Å². The number of benzene rings is 1. The number of amides is 2. The van der Waals surface area contributed by atoms with Crippen LogP contribution in [0.1, 0.15) is 69.0 Å². The quantitative estimate of drug-likeness (QED) is 0.436. The zero-order chi connectivity index (χ0) is 22.2. The Morgan fingerprint density at radius 2 is 1.74 bits per heavy atom. The van der Waals surface area contributed by atoms with E-state index in [-0.39, 0.29) is 30.2 Å². The Morgan fingerprint density at radius 3 is 2.35 bits per heavy atom. The van der Waals surface area contributed by atoms with Crippen molar-refractivity contribution < 1.29 is 18.4 Å². The van der Waals surface area contributed by atoms with E-state index in [2.05, 4.69) is 6.92 Å². The number of unbranched alkanes of at least 4 members (excludes halogenated alkanes) is 3. The highest BCUT2D eigenvalue weighted by atomic mass is 19.1. The van der Waals surface area contributed by atoms with Crippen molar-refractivity contribution in [1.82, 2.24) is 9.80 Å². The van der Waals surface area contributed by atoms with Crippen LogP contribution in [-0.2, 0) is 22.7 Å². The summed E-state index contributed by atoms with van der Waals surface area (Å²) in [6, 6.07) is 10.1. The van der Waals surface area contributed by atoms with E-state index in [1.807, 2.05) is 19.1 Å². The molecule has 0 radical (unpaired) electrons. The number of halogens is 1. The van der Waals surface area contributed by atoms with Gasteiger partial charge in [-0.1, -0.05) is 38.3 Å². The molecule has 2 aromatic rings. The predicted octanol–water partition coefficient (Wildman–Crippen LogP) is 5.22. The second kappa shape index (κ2) is 11.1. The van der Waals surface area contributed by atoms with Crippen molar-refractivity contribution in [2.75, 3.05) is 6.54 Å². The third-order valence-electron chi connectivity index (χ3n) is 5.64. The summed E-state index contributed by atoms with van der Waals surface area (Å²) >= 11 is 0. The number of hydrogen-bond donors (Lipinski definition) is 0. The van der Waals surface area contributed by atoms with E-state index < -0.39 is 0 Å². The number of carbonyl (C=O) groups is 2. The highest BCUT2D eigenvalue weighted by Gasteiger charge is 2.34. The molecule has 0 spiro atoms. The van der Waals surface area contributed by atoms with Crippen LogP contribution in [0.3, 0.4) is 0 Å². The first-order valence-electron chi connectivity index (χ1n) is 11.3. The fourth-order valence-corrected chi connectivity index (χ4v) is 3.70. The molecule has 0 N–H and O–H groups in total. The molecular formula is C25H33FN2O3. The molecule has 1 fully saturated rings. The van der Waals surface area contributed by atoms with E-state index in [4.69, 9.17) is 4.42 Å².